The van der Waals surface area contributed by atoms with Crippen LogP contribution in [0.3, 0.4) is 0 Å². The Hall–Kier alpha value is -2.89. The second kappa shape index (κ2) is 7.93. The molecule has 1 heterocycles. The summed E-state index contributed by atoms with van der Waals surface area (Å²) in [6, 6.07) is 13.4. The monoisotopic (exact) mass is 314 g/mol. The Morgan fingerprint density at radius 2 is 1.91 bits per heavy atom. The average molecular weight is 314 g/mol. The van der Waals surface area contributed by atoms with Crippen LogP contribution in [0.4, 0.5) is 4.79 Å². The fraction of sp³-hybridized carbons (Fsp3) is 0.235. The van der Waals surface area contributed by atoms with E-state index in [9.17, 15) is 14.7 Å². The summed E-state index contributed by atoms with van der Waals surface area (Å²) in [6.45, 7) is 1.91. The molecule has 1 unspecified atom stereocenters. The number of nitrogens with zero attached hydrogens (tertiary/aromatic N) is 1. The highest BCUT2D eigenvalue weighted by Crippen LogP contribution is 2.04. The normalized spacial score (nSPS) is 11.5. The number of hydrogen-bond acceptors (Lipinski definition) is 4. The van der Waals surface area contributed by atoms with Crippen molar-refractivity contribution in [3.05, 3.63) is 65.5 Å². The number of carboxylic acid groups (broad SMARTS) is 1. The number of amides is 1. The highest BCUT2D eigenvalue weighted by atomic mass is 16.5. The molecule has 2 N–H and O–H groups in total. The van der Waals surface area contributed by atoms with Gasteiger partial charge in [-0.3, -0.25) is 4.98 Å². The first-order valence-electron chi connectivity index (χ1n) is 7.17. The SMILES string of the molecule is Cc1cccc(CC(NC(=O)OCc2ccccc2)C(=O)O)n1. The van der Waals surface area contributed by atoms with Gasteiger partial charge in [-0.1, -0.05) is 36.4 Å². The Labute approximate surface area is 134 Å². The lowest BCUT2D eigenvalue weighted by molar-refractivity contribution is -0.139. The average Bonchev–Trinajstić information content (AvgIpc) is 2.53. The molecule has 0 saturated heterocycles. The lowest BCUT2D eigenvalue weighted by Gasteiger charge is -2.14. The summed E-state index contributed by atoms with van der Waals surface area (Å²) >= 11 is 0. The van der Waals surface area contributed by atoms with E-state index in [1.165, 1.54) is 0 Å². The molecule has 1 amide bonds. The molecule has 0 fully saturated rings. The maximum Gasteiger partial charge on any atom is 0.408 e. The van der Waals surface area contributed by atoms with Crippen molar-refractivity contribution in [2.24, 2.45) is 0 Å². The molecule has 6 nitrogen and oxygen atoms in total. The number of benzene rings is 1. The van der Waals surface area contributed by atoms with Gasteiger partial charge in [-0.05, 0) is 24.6 Å². The number of aliphatic carboxylic acids is 1. The van der Waals surface area contributed by atoms with Crippen LogP contribution in [0.1, 0.15) is 17.0 Å². The molecule has 0 bridgehead atoms. The zero-order chi connectivity index (χ0) is 16.7. The van der Waals surface area contributed by atoms with Gasteiger partial charge in [0.25, 0.3) is 0 Å². The first kappa shape index (κ1) is 16.5. The molecular formula is C17H18N2O4. The van der Waals surface area contributed by atoms with Crippen molar-refractivity contribution in [2.75, 3.05) is 0 Å². The van der Waals surface area contributed by atoms with Gasteiger partial charge in [0.05, 0.1) is 0 Å². The highest BCUT2D eigenvalue weighted by molar-refractivity contribution is 5.80. The summed E-state index contributed by atoms with van der Waals surface area (Å²) in [4.78, 5) is 27.3. The lowest BCUT2D eigenvalue weighted by Crippen LogP contribution is -2.42. The van der Waals surface area contributed by atoms with E-state index in [2.05, 4.69) is 10.3 Å². The van der Waals surface area contributed by atoms with Crippen LogP contribution in [-0.2, 0) is 22.6 Å². The Morgan fingerprint density at radius 3 is 2.57 bits per heavy atom. The number of rotatable bonds is 6. The van der Waals surface area contributed by atoms with Crippen molar-refractivity contribution in [3.8, 4) is 0 Å². The number of alkyl carbamates (subject to hydrolysis) is 1. The van der Waals surface area contributed by atoms with Gasteiger partial charge in [0, 0.05) is 17.8 Å². The largest absolute Gasteiger partial charge is 0.480 e. The van der Waals surface area contributed by atoms with Gasteiger partial charge in [-0.2, -0.15) is 0 Å². The molecule has 120 valence electrons. The molecule has 0 aliphatic carbocycles. The number of nitrogens with one attached hydrogen (secondary N) is 1. The summed E-state index contributed by atoms with van der Waals surface area (Å²) in [6.07, 6.45) is -0.675. The number of ether oxygens (including phenoxy) is 1. The Morgan fingerprint density at radius 1 is 1.17 bits per heavy atom. The van der Waals surface area contributed by atoms with E-state index in [4.69, 9.17) is 4.74 Å². The Kier molecular flexibility index (Phi) is 5.68. The van der Waals surface area contributed by atoms with E-state index >= 15 is 0 Å². The zero-order valence-corrected chi connectivity index (χ0v) is 12.7. The van der Waals surface area contributed by atoms with E-state index < -0.39 is 18.1 Å². The second-order valence-electron chi connectivity index (χ2n) is 5.07. The molecule has 2 aromatic rings. The third kappa shape index (κ3) is 5.43. The molecule has 1 aromatic heterocycles. The van der Waals surface area contributed by atoms with E-state index in [1.807, 2.05) is 43.3 Å². The minimum absolute atomic E-state index is 0.0850. The Balaban J connectivity index is 1.91. The summed E-state index contributed by atoms with van der Waals surface area (Å²) in [5.74, 6) is -1.13. The van der Waals surface area contributed by atoms with Gasteiger partial charge in [0.15, 0.2) is 0 Å². The first-order valence-corrected chi connectivity index (χ1v) is 7.17. The topological polar surface area (TPSA) is 88.5 Å². The maximum atomic E-state index is 11.8. The maximum absolute atomic E-state index is 11.8. The summed E-state index contributed by atoms with van der Waals surface area (Å²) in [5, 5.41) is 11.6. The molecule has 0 aliphatic rings. The molecule has 0 spiro atoms. The molecule has 1 aromatic carbocycles. The van der Waals surface area contributed by atoms with Gasteiger partial charge >= 0.3 is 12.1 Å². The standard InChI is InChI=1S/C17H18N2O4/c1-12-6-5-9-14(18-12)10-15(16(20)21)19-17(22)23-11-13-7-3-2-4-8-13/h2-9,15H,10-11H2,1H3,(H,19,22)(H,20,21). The first-order chi connectivity index (χ1) is 11.0. The van der Waals surface area contributed by atoms with Crippen LogP contribution < -0.4 is 5.32 Å². The van der Waals surface area contributed by atoms with Crippen LogP contribution in [0.5, 0.6) is 0 Å². The molecular weight excluding hydrogens is 296 g/mol. The van der Waals surface area contributed by atoms with Gasteiger partial charge < -0.3 is 15.2 Å². The quantitative estimate of drug-likeness (QED) is 0.854. The third-order valence-corrected chi connectivity index (χ3v) is 3.16. The van der Waals surface area contributed by atoms with E-state index in [0.29, 0.717) is 5.69 Å². The van der Waals surface area contributed by atoms with Crippen LogP contribution in [0.15, 0.2) is 48.5 Å². The third-order valence-electron chi connectivity index (χ3n) is 3.16. The van der Waals surface area contributed by atoms with Gasteiger partial charge in [0.2, 0.25) is 0 Å². The molecule has 0 radical (unpaired) electrons. The molecule has 2 rings (SSSR count). The summed E-state index contributed by atoms with van der Waals surface area (Å²) in [5.41, 5.74) is 2.22. The summed E-state index contributed by atoms with van der Waals surface area (Å²) in [7, 11) is 0. The van der Waals surface area contributed by atoms with E-state index in [0.717, 1.165) is 11.3 Å². The fourth-order valence-electron chi connectivity index (χ4n) is 2.03. The highest BCUT2D eigenvalue weighted by Gasteiger charge is 2.21. The van der Waals surface area contributed by atoms with Crippen LogP contribution in [-0.4, -0.2) is 28.2 Å². The van der Waals surface area contributed by atoms with Gasteiger partial charge in [0.1, 0.15) is 12.6 Å². The van der Waals surface area contributed by atoms with Crippen molar-refractivity contribution >= 4 is 12.1 Å². The fourth-order valence-corrected chi connectivity index (χ4v) is 2.03. The zero-order valence-electron chi connectivity index (χ0n) is 12.7. The van der Waals surface area contributed by atoms with Crippen LogP contribution >= 0.6 is 0 Å². The lowest BCUT2D eigenvalue weighted by atomic mass is 10.1. The second-order valence-corrected chi connectivity index (χ2v) is 5.07. The van der Waals surface area contributed by atoms with Crippen molar-refractivity contribution in [1.82, 2.24) is 10.3 Å². The van der Waals surface area contributed by atoms with Crippen LogP contribution in [0.2, 0.25) is 0 Å². The number of carbonyl (C=O) groups is 2. The van der Waals surface area contributed by atoms with Gasteiger partial charge in [-0.25, -0.2) is 9.59 Å². The Bertz CT molecular complexity index is 673. The minimum atomic E-state index is -1.13. The van der Waals surface area contributed by atoms with Gasteiger partial charge in [-0.15, -0.1) is 0 Å². The van der Waals surface area contributed by atoms with Crippen LogP contribution in [0.25, 0.3) is 0 Å². The van der Waals surface area contributed by atoms with Crippen molar-refractivity contribution < 1.29 is 19.4 Å². The molecule has 6 heteroatoms. The molecule has 23 heavy (non-hydrogen) atoms. The van der Waals surface area contributed by atoms with Crippen molar-refractivity contribution in [3.63, 3.8) is 0 Å². The molecule has 1 atom stereocenters. The molecule has 0 saturated carbocycles. The summed E-state index contributed by atoms with van der Waals surface area (Å²) < 4.78 is 5.04. The van der Waals surface area contributed by atoms with E-state index in [1.54, 1.807) is 12.1 Å². The number of pyridine rings is 1. The number of carbonyl (C=O) groups excluding carboxylic acids is 1. The number of hydrogen-bond donors (Lipinski definition) is 2. The predicted octanol–water partition coefficient (Wildman–Crippen LogP) is 2.31. The predicted molar refractivity (Wildman–Crippen MR) is 83.9 cm³/mol. The smallest absolute Gasteiger partial charge is 0.408 e. The minimum Gasteiger partial charge on any atom is -0.480 e. The number of aromatic nitrogens is 1. The van der Waals surface area contributed by atoms with E-state index in [-0.39, 0.29) is 13.0 Å². The van der Waals surface area contributed by atoms with Crippen LogP contribution in [0, 0.1) is 6.92 Å². The number of carboxylic acids is 1. The van der Waals surface area contributed by atoms with Crippen molar-refractivity contribution in [1.29, 1.82) is 0 Å². The number of aryl methyl sites for hydroxylation is 1. The molecule has 0 aliphatic heterocycles. The van der Waals surface area contributed by atoms with Crippen molar-refractivity contribution in [2.45, 2.75) is 26.0 Å².